The van der Waals surface area contributed by atoms with Crippen molar-refractivity contribution in [2.75, 3.05) is 0 Å². The molecule has 0 aliphatic carbocycles. The van der Waals surface area contributed by atoms with E-state index in [1.807, 2.05) is 30.5 Å². The van der Waals surface area contributed by atoms with Gasteiger partial charge in [-0.25, -0.2) is 0 Å². The van der Waals surface area contributed by atoms with Crippen molar-refractivity contribution in [1.82, 2.24) is 4.57 Å². The molecule has 3 heteroatoms. The van der Waals surface area contributed by atoms with Crippen LogP contribution in [-0.2, 0) is 0 Å². The molecule has 0 bridgehead atoms. The van der Waals surface area contributed by atoms with Gasteiger partial charge in [-0.05, 0) is 36.1 Å². The maximum absolute atomic E-state index is 11.8. The SMILES string of the molecule is Cc1ccsc1C(=O)n1cccc1. The predicted octanol–water partition coefficient (Wildman–Crippen LogP) is 2.55. The van der Waals surface area contributed by atoms with Gasteiger partial charge in [0.15, 0.2) is 0 Å². The number of hydrogen-bond acceptors (Lipinski definition) is 2. The lowest BCUT2D eigenvalue weighted by molar-refractivity contribution is 0.0964. The first kappa shape index (κ1) is 8.26. The fourth-order valence-electron chi connectivity index (χ4n) is 1.18. The minimum atomic E-state index is 0.0532. The van der Waals surface area contributed by atoms with Gasteiger partial charge in [0, 0.05) is 12.4 Å². The van der Waals surface area contributed by atoms with Gasteiger partial charge in [0.05, 0.1) is 4.88 Å². The summed E-state index contributed by atoms with van der Waals surface area (Å²) in [5.41, 5.74) is 1.05. The third-order valence-electron chi connectivity index (χ3n) is 1.90. The molecule has 0 spiro atoms. The molecular formula is C10H9NOS. The van der Waals surface area contributed by atoms with Crippen molar-refractivity contribution in [3.63, 3.8) is 0 Å². The van der Waals surface area contributed by atoms with E-state index in [2.05, 4.69) is 0 Å². The molecule has 0 amide bonds. The molecule has 0 aromatic carbocycles. The predicted molar refractivity (Wildman–Crippen MR) is 53.2 cm³/mol. The van der Waals surface area contributed by atoms with Crippen molar-refractivity contribution in [3.8, 4) is 0 Å². The number of aromatic nitrogens is 1. The van der Waals surface area contributed by atoms with Crippen molar-refractivity contribution in [3.05, 3.63) is 46.4 Å². The van der Waals surface area contributed by atoms with E-state index in [-0.39, 0.29) is 5.91 Å². The number of carbonyl (C=O) groups excluding carboxylic acids is 1. The van der Waals surface area contributed by atoms with Gasteiger partial charge in [-0.1, -0.05) is 0 Å². The molecule has 0 fully saturated rings. The van der Waals surface area contributed by atoms with Crippen LogP contribution in [-0.4, -0.2) is 10.5 Å². The van der Waals surface area contributed by atoms with Crippen LogP contribution in [0, 0.1) is 6.92 Å². The lowest BCUT2D eigenvalue weighted by Gasteiger charge is -1.99. The normalized spacial score (nSPS) is 10.2. The molecule has 2 aromatic rings. The second-order valence-electron chi connectivity index (χ2n) is 2.83. The zero-order chi connectivity index (χ0) is 9.26. The highest BCUT2D eigenvalue weighted by atomic mass is 32.1. The Hall–Kier alpha value is -1.35. The van der Waals surface area contributed by atoms with Crippen molar-refractivity contribution < 1.29 is 4.79 Å². The van der Waals surface area contributed by atoms with E-state index in [4.69, 9.17) is 0 Å². The van der Waals surface area contributed by atoms with Crippen LogP contribution >= 0.6 is 11.3 Å². The van der Waals surface area contributed by atoms with E-state index in [1.165, 1.54) is 11.3 Å². The van der Waals surface area contributed by atoms with Crippen molar-refractivity contribution in [2.45, 2.75) is 6.92 Å². The van der Waals surface area contributed by atoms with Crippen molar-refractivity contribution in [1.29, 1.82) is 0 Å². The van der Waals surface area contributed by atoms with Gasteiger partial charge < -0.3 is 0 Å². The highest BCUT2D eigenvalue weighted by molar-refractivity contribution is 7.12. The summed E-state index contributed by atoms with van der Waals surface area (Å²) in [6.07, 6.45) is 3.53. The van der Waals surface area contributed by atoms with Crippen LogP contribution in [0.25, 0.3) is 0 Å². The molecule has 0 N–H and O–H groups in total. The molecule has 0 unspecified atom stereocenters. The van der Waals surface area contributed by atoms with Gasteiger partial charge in [-0.2, -0.15) is 0 Å². The van der Waals surface area contributed by atoms with Crippen LogP contribution < -0.4 is 0 Å². The summed E-state index contributed by atoms with van der Waals surface area (Å²) >= 11 is 1.49. The number of aryl methyl sites for hydroxylation is 1. The number of carbonyl (C=O) groups is 1. The Morgan fingerprint density at radius 1 is 1.38 bits per heavy atom. The fraction of sp³-hybridized carbons (Fsp3) is 0.100. The van der Waals surface area contributed by atoms with Gasteiger partial charge in [0.2, 0.25) is 0 Å². The van der Waals surface area contributed by atoms with E-state index < -0.39 is 0 Å². The summed E-state index contributed by atoms with van der Waals surface area (Å²) in [6, 6.07) is 5.66. The maximum Gasteiger partial charge on any atom is 0.272 e. The molecule has 13 heavy (non-hydrogen) atoms. The zero-order valence-corrected chi connectivity index (χ0v) is 8.04. The molecule has 2 heterocycles. The highest BCUT2D eigenvalue weighted by Crippen LogP contribution is 2.16. The Morgan fingerprint density at radius 2 is 2.08 bits per heavy atom. The summed E-state index contributed by atoms with van der Waals surface area (Å²) in [5, 5.41) is 1.94. The second kappa shape index (κ2) is 3.18. The molecule has 0 aliphatic rings. The Morgan fingerprint density at radius 3 is 2.62 bits per heavy atom. The summed E-state index contributed by atoms with van der Waals surface area (Å²) in [5.74, 6) is 0.0532. The van der Waals surface area contributed by atoms with E-state index >= 15 is 0 Å². The van der Waals surface area contributed by atoms with E-state index in [0.29, 0.717) is 0 Å². The third kappa shape index (κ3) is 1.42. The summed E-state index contributed by atoms with van der Waals surface area (Å²) in [6.45, 7) is 1.95. The van der Waals surface area contributed by atoms with Crippen LogP contribution in [0.3, 0.4) is 0 Å². The first-order valence-electron chi connectivity index (χ1n) is 4.01. The first-order chi connectivity index (χ1) is 6.29. The van der Waals surface area contributed by atoms with Gasteiger partial charge in [0.1, 0.15) is 0 Å². The Labute approximate surface area is 80.4 Å². The fourth-order valence-corrected chi connectivity index (χ4v) is 2.05. The quantitative estimate of drug-likeness (QED) is 0.679. The Balaban J connectivity index is 2.39. The summed E-state index contributed by atoms with van der Waals surface area (Å²) < 4.78 is 1.60. The third-order valence-corrected chi connectivity index (χ3v) is 2.90. The average Bonchev–Trinajstić information content (AvgIpc) is 2.72. The number of rotatable bonds is 1. The lowest BCUT2D eigenvalue weighted by atomic mass is 10.3. The van der Waals surface area contributed by atoms with Crippen LogP contribution in [0.1, 0.15) is 15.2 Å². The highest BCUT2D eigenvalue weighted by Gasteiger charge is 2.10. The topological polar surface area (TPSA) is 22.0 Å². The molecule has 0 saturated carbocycles. The molecule has 66 valence electrons. The smallest absolute Gasteiger partial charge is 0.272 e. The minimum Gasteiger partial charge on any atom is -0.290 e. The summed E-state index contributed by atoms with van der Waals surface area (Å²) in [7, 11) is 0. The summed E-state index contributed by atoms with van der Waals surface area (Å²) in [4.78, 5) is 12.6. The molecule has 0 radical (unpaired) electrons. The standard InChI is InChI=1S/C10H9NOS/c1-8-4-7-13-9(8)10(12)11-5-2-3-6-11/h2-7H,1H3. The van der Waals surface area contributed by atoms with E-state index in [1.54, 1.807) is 17.0 Å². The minimum absolute atomic E-state index is 0.0532. The molecule has 0 atom stereocenters. The number of thiophene rings is 1. The van der Waals surface area contributed by atoms with Crippen LogP contribution in [0.15, 0.2) is 36.0 Å². The zero-order valence-electron chi connectivity index (χ0n) is 7.23. The molecule has 0 aliphatic heterocycles. The van der Waals surface area contributed by atoms with Gasteiger partial charge >= 0.3 is 0 Å². The Kier molecular flexibility index (Phi) is 2.02. The van der Waals surface area contributed by atoms with Crippen LogP contribution in [0.5, 0.6) is 0 Å². The first-order valence-corrected chi connectivity index (χ1v) is 4.89. The van der Waals surface area contributed by atoms with Crippen molar-refractivity contribution >= 4 is 17.2 Å². The monoisotopic (exact) mass is 191 g/mol. The largest absolute Gasteiger partial charge is 0.290 e. The molecular weight excluding hydrogens is 182 g/mol. The number of hydrogen-bond donors (Lipinski definition) is 0. The maximum atomic E-state index is 11.8. The van der Waals surface area contributed by atoms with Gasteiger partial charge in [-0.15, -0.1) is 11.3 Å². The van der Waals surface area contributed by atoms with Crippen LogP contribution in [0.4, 0.5) is 0 Å². The molecule has 2 rings (SSSR count). The van der Waals surface area contributed by atoms with Crippen LogP contribution in [0.2, 0.25) is 0 Å². The van der Waals surface area contributed by atoms with E-state index in [9.17, 15) is 4.79 Å². The lowest BCUT2D eigenvalue weighted by Crippen LogP contribution is -2.08. The average molecular weight is 191 g/mol. The molecule has 2 aromatic heterocycles. The molecule has 2 nitrogen and oxygen atoms in total. The van der Waals surface area contributed by atoms with Gasteiger partial charge in [-0.3, -0.25) is 9.36 Å². The second-order valence-corrected chi connectivity index (χ2v) is 3.74. The Bertz CT molecular complexity index is 414. The van der Waals surface area contributed by atoms with E-state index in [0.717, 1.165) is 10.4 Å². The number of nitrogens with zero attached hydrogens (tertiary/aromatic N) is 1. The molecule has 0 saturated heterocycles. The van der Waals surface area contributed by atoms with Gasteiger partial charge in [0.25, 0.3) is 5.91 Å². The van der Waals surface area contributed by atoms with Crippen molar-refractivity contribution in [2.24, 2.45) is 0 Å².